The van der Waals surface area contributed by atoms with Gasteiger partial charge in [0.15, 0.2) is 0 Å². The van der Waals surface area contributed by atoms with Gasteiger partial charge in [-0.25, -0.2) is 5.06 Å². The first-order valence-corrected chi connectivity index (χ1v) is 28.6. The molecule has 7 aromatic rings. The number of hydroxylamine groups is 2. The summed E-state index contributed by atoms with van der Waals surface area (Å²) in [5.41, 5.74) is 8.27. The van der Waals surface area contributed by atoms with Gasteiger partial charge in [-0.05, 0) is 95.8 Å². The molecule has 2 aliphatic heterocycles. The molecule has 7 nitrogen and oxygen atoms in total. The number of halogens is 2. The van der Waals surface area contributed by atoms with Gasteiger partial charge in [-0.15, -0.1) is 23.5 Å². The van der Waals surface area contributed by atoms with Crippen molar-refractivity contribution in [3.63, 3.8) is 0 Å². The molecule has 4 unspecified atom stereocenters. The molecule has 0 saturated carbocycles. The Morgan fingerprint density at radius 3 is 1.53 bits per heavy atom. The summed E-state index contributed by atoms with van der Waals surface area (Å²) in [5, 5.41) is 5.75. The number of fused-ring (bicyclic) bond motifs is 2. The largest absolute Gasteiger partial charge is 0.354 e. The summed E-state index contributed by atoms with van der Waals surface area (Å²) >= 11 is 16.7. The third kappa shape index (κ3) is 11.9. The normalized spacial score (nSPS) is 17.8. The Bertz CT molecular complexity index is 2680. The van der Waals surface area contributed by atoms with Gasteiger partial charge in [0.25, 0.3) is 5.91 Å². The van der Waals surface area contributed by atoms with Crippen LogP contribution in [0.1, 0.15) is 70.5 Å². The topological polar surface area (TPSA) is 65.1 Å². The Labute approximate surface area is 456 Å². The molecule has 74 heavy (non-hydrogen) atoms. The summed E-state index contributed by atoms with van der Waals surface area (Å²) in [6.45, 7) is 3.02. The predicted octanol–water partition coefficient (Wildman–Crippen LogP) is 13.2. The van der Waals surface area contributed by atoms with Crippen LogP contribution in [0, 0.1) is 5.92 Å². The van der Waals surface area contributed by atoms with Crippen molar-refractivity contribution >= 4 is 58.5 Å². The third-order valence-electron chi connectivity index (χ3n) is 15.1. The first kappa shape index (κ1) is 53.5. The molecule has 1 N–H and O–H groups in total. The molecule has 2 amide bonds. The van der Waals surface area contributed by atoms with Crippen molar-refractivity contribution in [1.82, 2.24) is 20.2 Å². The van der Waals surface area contributed by atoms with E-state index in [-0.39, 0.29) is 36.2 Å². The smallest absolute Gasteiger partial charge is 0.251 e. The van der Waals surface area contributed by atoms with Crippen molar-refractivity contribution in [3.05, 3.63) is 249 Å². The van der Waals surface area contributed by atoms with E-state index in [1.807, 2.05) is 41.7 Å². The van der Waals surface area contributed by atoms with Gasteiger partial charge >= 0.3 is 0 Å². The zero-order chi connectivity index (χ0) is 51.3. The number of thioether (sulfide) groups is 2. The molecule has 382 valence electrons. The van der Waals surface area contributed by atoms with E-state index in [0.29, 0.717) is 34.9 Å². The summed E-state index contributed by atoms with van der Waals surface area (Å²) in [6, 6.07) is 70.7. The number of carbonyl (C=O) groups excluding carboxylic acids is 2. The number of nitrogens with one attached hydrogen (secondary N) is 1. The predicted molar refractivity (Wildman–Crippen MR) is 308 cm³/mol. The van der Waals surface area contributed by atoms with E-state index in [1.54, 1.807) is 14.2 Å². The number of benzene rings is 7. The van der Waals surface area contributed by atoms with Crippen LogP contribution in [0.3, 0.4) is 0 Å². The van der Waals surface area contributed by atoms with E-state index in [9.17, 15) is 9.59 Å². The van der Waals surface area contributed by atoms with Gasteiger partial charge in [0.1, 0.15) is 0 Å². The zero-order valence-corrected chi connectivity index (χ0v) is 45.4. The van der Waals surface area contributed by atoms with Crippen molar-refractivity contribution in [1.29, 1.82) is 0 Å². The molecule has 2 fully saturated rings. The van der Waals surface area contributed by atoms with E-state index in [4.69, 9.17) is 28.0 Å². The average molecular weight is 1060 g/mol. The Kier molecular flexibility index (Phi) is 18.4. The lowest BCUT2D eigenvalue weighted by atomic mass is 9.75. The number of hydrogen-bond donors (Lipinski definition) is 1. The van der Waals surface area contributed by atoms with E-state index in [1.165, 1.54) is 38.4 Å². The monoisotopic (exact) mass is 1060 g/mol. The van der Waals surface area contributed by atoms with E-state index >= 15 is 0 Å². The second kappa shape index (κ2) is 25.5. The molecule has 0 aromatic heterocycles. The summed E-state index contributed by atoms with van der Waals surface area (Å²) in [7, 11) is 3.25. The lowest BCUT2D eigenvalue weighted by Gasteiger charge is -2.45. The van der Waals surface area contributed by atoms with E-state index in [0.717, 1.165) is 50.1 Å². The number of piperidine rings is 1. The van der Waals surface area contributed by atoms with Crippen molar-refractivity contribution in [3.8, 4) is 0 Å². The van der Waals surface area contributed by atoms with Crippen molar-refractivity contribution in [2.45, 2.75) is 53.2 Å². The Hall–Kier alpha value is -5.36. The minimum Gasteiger partial charge on any atom is -0.354 e. The molecule has 4 atom stereocenters. The SMILES string of the molecule is CON(C)C(=O)C1C(c2ccc(Cl)c(Cl)c2)CC2CCC1N2CCCN(CCSC(c1ccccc1)(c1ccccc1)c1ccccc1)CC(=O)NCCSC(c1ccccc1)(c1ccccc1)c1ccccc1. The Balaban J connectivity index is 0.945. The molecule has 2 bridgehead atoms. The highest BCUT2D eigenvalue weighted by Crippen LogP contribution is 2.51. The van der Waals surface area contributed by atoms with E-state index < -0.39 is 9.49 Å². The second-order valence-electron chi connectivity index (χ2n) is 19.3. The molecule has 0 radical (unpaired) electrons. The molecule has 0 aliphatic carbocycles. The molecular formula is C63H66Cl2N4O3S2. The lowest BCUT2D eigenvalue weighted by molar-refractivity contribution is -0.178. The van der Waals surface area contributed by atoms with Gasteiger partial charge in [0.05, 0.1) is 39.1 Å². The maximum absolute atomic E-state index is 14.4. The summed E-state index contributed by atoms with van der Waals surface area (Å²) in [5.74, 6) is 1.13. The van der Waals surface area contributed by atoms with Gasteiger partial charge in [0, 0.05) is 43.7 Å². The third-order valence-corrected chi connectivity index (χ3v) is 18.9. The maximum atomic E-state index is 14.4. The van der Waals surface area contributed by atoms with E-state index in [2.05, 4.69) is 197 Å². The second-order valence-corrected chi connectivity index (χ2v) is 22.8. The Morgan fingerprint density at radius 2 is 1.08 bits per heavy atom. The zero-order valence-electron chi connectivity index (χ0n) is 42.3. The molecular weight excluding hydrogens is 996 g/mol. The molecule has 11 heteroatoms. The minimum absolute atomic E-state index is 0.0107. The number of hydrogen-bond acceptors (Lipinski definition) is 7. The standard InChI is InChI=1S/C63H66Cl2N4O3S2/c1-67(72-2)61(71)60-55(47-34-36-56(64)57(65)44-47)45-54-35-37-58(60)69(54)40-21-39-68(41-43-74-63(51-28-15-6-16-29-51,52-30-17-7-18-31-52)53-32-19-8-20-33-53)46-59(70)66-38-42-73-62(48-22-9-3-10-23-48,49-24-11-4-12-25-49)50-26-13-5-14-27-50/h3-20,22-34,36,44,54-55,58,60H,21,35,37-43,45-46H2,1-2H3,(H,66,70). The summed E-state index contributed by atoms with van der Waals surface area (Å²) in [4.78, 5) is 39.0. The highest BCUT2D eigenvalue weighted by molar-refractivity contribution is 8.00. The van der Waals surface area contributed by atoms with Gasteiger partial charge < -0.3 is 5.32 Å². The molecule has 9 rings (SSSR count). The lowest BCUT2D eigenvalue weighted by Crippen LogP contribution is -2.53. The maximum Gasteiger partial charge on any atom is 0.251 e. The number of carbonyl (C=O) groups is 2. The molecule has 2 saturated heterocycles. The average Bonchev–Trinajstić information content (AvgIpc) is 3.73. The number of rotatable bonds is 23. The van der Waals surface area contributed by atoms with Crippen LogP contribution in [0.4, 0.5) is 0 Å². The summed E-state index contributed by atoms with van der Waals surface area (Å²) in [6.07, 6.45) is 3.63. The van der Waals surface area contributed by atoms with Crippen LogP contribution in [-0.2, 0) is 23.9 Å². The van der Waals surface area contributed by atoms with Crippen molar-refractivity contribution in [2.24, 2.45) is 5.92 Å². The van der Waals surface area contributed by atoms with Gasteiger partial charge in [0.2, 0.25) is 5.91 Å². The van der Waals surface area contributed by atoms with Crippen LogP contribution in [0.5, 0.6) is 0 Å². The van der Waals surface area contributed by atoms with Crippen LogP contribution in [0.25, 0.3) is 0 Å². The fourth-order valence-electron chi connectivity index (χ4n) is 11.6. The van der Waals surface area contributed by atoms with Crippen LogP contribution < -0.4 is 5.32 Å². The first-order valence-electron chi connectivity index (χ1n) is 25.9. The van der Waals surface area contributed by atoms with Gasteiger partial charge in [-0.2, -0.15) is 0 Å². The minimum atomic E-state index is -0.480. The fraction of sp³-hybridized carbons (Fsp3) is 0.302. The molecule has 0 spiro atoms. The number of amides is 2. The quantitative estimate of drug-likeness (QED) is 0.0389. The van der Waals surface area contributed by atoms with Crippen molar-refractivity contribution < 1.29 is 14.4 Å². The van der Waals surface area contributed by atoms with Crippen LogP contribution in [0.15, 0.2) is 200 Å². The Morgan fingerprint density at radius 1 is 0.622 bits per heavy atom. The molecule has 7 aromatic carbocycles. The van der Waals surface area contributed by atoms with Crippen LogP contribution >= 0.6 is 46.7 Å². The van der Waals surface area contributed by atoms with Gasteiger partial charge in [-0.3, -0.25) is 24.2 Å². The molecule has 2 aliphatic rings. The summed E-state index contributed by atoms with van der Waals surface area (Å²) < 4.78 is -0.953. The highest BCUT2D eigenvalue weighted by atomic mass is 35.5. The van der Waals surface area contributed by atoms with Crippen LogP contribution in [-0.4, -0.2) is 97.1 Å². The number of nitrogens with zero attached hydrogens (tertiary/aromatic N) is 3. The molecule has 2 heterocycles. The van der Waals surface area contributed by atoms with Crippen LogP contribution in [0.2, 0.25) is 10.0 Å². The first-order chi connectivity index (χ1) is 36.2. The van der Waals surface area contributed by atoms with Crippen molar-refractivity contribution in [2.75, 3.05) is 58.4 Å². The fourth-order valence-corrected chi connectivity index (χ4v) is 14.9. The highest BCUT2D eigenvalue weighted by Gasteiger charge is 2.51. The van der Waals surface area contributed by atoms with Gasteiger partial charge in [-0.1, -0.05) is 211 Å².